The summed E-state index contributed by atoms with van der Waals surface area (Å²) in [6, 6.07) is 11.9. The molecule has 0 saturated heterocycles. The number of nitrogens with two attached hydrogens (primary N) is 1. The van der Waals surface area contributed by atoms with Crippen LogP contribution >= 0.6 is 0 Å². The van der Waals surface area contributed by atoms with Gasteiger partial charge in [0.25, 0.3) is 0 Å². The van der Waals surface area contributed by atoms with E-state index in [4.69, 9.17) is 5.73 Å². The van der Waals surface area contributed by atoms with Gasteiger partial charge in [-0.2, -0.15) is 13.2 Å². The predicted molar refractivity (Wildman–Crippen MR) is 78.9 cm³/mol. The van der Waals surface area contributed by atoms with E-state index in [1.54, 1.807) is 6.07 Å². The maximum absolute atomic E-state index is 13.1. The van der Waals surface area contributed by atoms with Gasteiger partial charge in [0, 0.05) is 6.54 Å². The first kappa shape index (κ1) is 15.6. The van der Waals surface area contributed by atoms with Crippen molar-refractivity contribution >= 4 is 0 Å². The zero-order valence-corrected chi connectivity index (χ0v) is 12.0. The van der Waals surface area contributed by atoms with E-state index >= 15 is 0 Å². The van der Waals surface area contributed by atoms with Crippen LogP contribution in [0.2, 0.25) is 0 Å². The zero-order valence-electron chi connectivity index (χ0n) is 12.0. The molecule has 0 saturated carbocycles. The third-order valence-electron chi connectivity index (χ3n) is 3.53. The lowest BCUT2D eigenvalue weighted by Gasteiger charge is -2.16. The predicted octanol–water partition coefficient (Wildman–Crippen LogP) is 4.95. The molecule has 0 radical (unpaired) electrons. The molecule has 2 N–H and O–H groups in total. The lowest BCUT2D eigenvalue weighted by molar-refractivity contribution is -0.138. The van der Waals surface area contributed by atoms with E-state index in [0.29, 0.717) is 5.56 Å². The minimum absolute atomic E-state index is 0.119. The fourth-order valence-corrected chi connectivity index (χ4v) is 2.45. The van der Waals surface area contributed by atoms with Gasteiger partial charge >= 0.3 is 6.18 Å². The van der Waals surface area contributed by atoms with Gasteiger partial charge in [-0.05, 0) is 34.2 Å². The molecule has 0 heterocycles. The Morgan fingerprint density at radius 1 is 1.05 bits per heavy atom. The highest BCUT2D eigenvalue weighted by Gasteiger charge is 2.33. The fraction of sp³-hybridized carbons (Fsp3) is 0.294. The quantitative estimate of drug-likeness (QED) is 0.851. The Labute approximate surface area is 122 Å². The van der Waals surface area contributed by atoms with Crippen molar-refractivity contribution in [1.29, 1.82) is 0 Å². The van der Waals surface area contributed by atoms with Crippen LogP contribution in [0.15, 0.2) is 42.5 Å². The van der Waals surface area contributed by atoms with Crippen LogP contribution in [0.3, 0.4) is 0 Å². The molecule has 2 aromatic carbocycles. The maximum Gasteiger partial charge on any atom is 0.416 e. The zero-order chi connectivity index (χ0) is 15.6. The van der Waals surface area contributed by atoms with Crippen molar-refractivity contribution in [1.82, 2.24) is 0 Å². The summed E-state index contributed by atoms with van der Waals surface area (Å²) in [5.74, 6) is 0.240. The van der Waals surface area contributed by atoms with Crippen LogP contribution in [0, 0.1) is 0 Å². The van der Waals surface area contributed by atoms with Gasteiger partial charge in [-0.3, -0.25) is 0 Å². The topological polar surface area (TPSA) is 26.0 Å². The molecule has 1 nitrogen and oxygen atoms in total. The van der Waals surface area contributed by atoms with E-state index in [1.807, 2.05) is 38.1 Å². The normalized spacial score (nSPS) is 12.0. The SMILES string of the molecule is CC(C)c1ccccc1-c1ccc(CN)c(C(F)(F)F)c1. The van der Waals surface area contributed by atoms with Gasteiger partial charge in [0.05, 0.1) is 5.56 Å². The highest BCUT2D eigenvalue weighted by Crippen LogP contribution is 2.36. The van der Waals surface area contributed by atoms with E-state index < -0.39 is 11.7 Å². The Morgan fingerprint density at radius 2 is 1.71 bits per heavy atom. The molecule has 0 amide bonds. The van der Waals surface area contributed by atoms with Crippen LogP contribution in [0.5, 0.6) is 0 Å². The Balaban J connectivity index is 2.61. The molecule has 0 spiro atoms. The number of halogens is 3. The molecule has 0 aliphatic rings. The first-order chi connectivity index (χ1) is 9.84. The number of hydrogen-bond acceptors (Lipinski definition) is 1. The van der Waals surface area contributed by atoms with Crippen molar-refractivity contribution < 1.29 is 13.2 Å². The van der Waals surface area contributed by atoms with Crippen LogP contribution in [-0.2, 0) is 12.7 Å². The minimum Gasteiger partial charge on any atom is -0.326 e. The van der Waals surface area contributed by atoms with Gasteiger partial charge in [0.1, 0.15) is 0 Å². The van der Waals surface area contributed by atoms with Crippen LogP contribution in [0.1, 0.15) is 36.5 Å². The van der Waals surface area contributed by atoms with E-state index in [-0.39, 0.29) is 18.0 Å². The van der Waals surface area contributed by atoms with E-state index in [1.165, 1.54) is 12.1 Å². The number of hydrogen-bond donors (Lipinski definition) is 1. The van der Waals surface area contributed by atoms with Crippen molar-refractivity contribution in [2.75, 3.05) is 0 Å². The summed E-state index contributed by atoms with van der Waals surface area (Å²) in [6.45, 7) is 3.93. The number of benzene rings is 2. The van der Waals surface area contributed by atoms with Crippen molar-refractivity contribution in [2.24, 2.45) is 5.73 Å². The smallest absolute Gasteiger partial charge is 0.326 e. The molecule has 0 aliphatic heterocycles. The van der Waals surface area contributed by atoms with Crippen LogP contribution in [-0.4, -0.2) is 0 Å². The van der Waals surface area contributed by atoms with Crippen molar-refractivity contribution in [3.05, 3.63) is 59.2 Å². The Kier molecular flexibility index (Phi) is 4.37. The molecule has 21 heavy (non-hydrogen) atoms. The van der Waals surface area contributed by atoms with Gasteiger partial charge < -0.3 is 5.73 Å². The average molecular weight is 293 g/mol. The molecule has 0 aliphatic carbocycles. The Hall–Kier alpha value is -1.81. The van der Waals surface area contributed by atoms with Gasteiger partial charge in [-0.15, -0.1) is 0 Å². The average Bonchev–Trinajstić information content (AvgIpc) is 2.45. The van der Waals surface area contributed by atoms with Gasteiger partial charge in [0.2, 0.25) is 0 Å². The molecular weight excluding hydrogens is 275 g/mol. The molecule has 112 valence electrons. The summed E-state index contributed by atoms with van der Waals surface area (Å²) in [4.78, 5) is 0. The largest absolute Gasteiger partial charge is 0.416 e. The number of rotatable bonds is 3. The molecule has 0 aromatic heterocycles. The lowest BCUT2D eigenvalue weighted by atomic mass is 9.91. The first-order valence-corrected chi connectivity index (χ1v) is 6.84. The third-order valence-corrected chi connectivity index (χ3v) is 3.53. The maximum atomic E-state index is 13.1. The molecular formula is C17H18F3N. The van der Waals surface area contributed by atoms with E-state index in [0.717, 1.165) is 11.1 Å². The summed E-state index contributed by atoms with van der Waals surface area (Å²) in [7, 11) is 0. The van der Waals surface area contributed by atoms with Gasteiger partial charge in [-0.25, -0.2) is 0 Å². The van der Waals surface area contributed by atoms with Gasteiger partial charge in [0.15, 0.2) is 0 Å². The first-order valence-electron chi connectivity index (χ1n) is 6.84. The van der Waals surface area contributed by atoms with Crippen LogP contribution < -0.4 is 5.73 Å². The second-order valence-electron chi connectivity index (χ2n) is 5.32. The lowest BCUT2D eigenvalue weighted by Crippen LogP contribution is -2.12. The highest BCUT2D eigenvalue weighted by molar-refractivity contribution is 5.69. The second-order valence-corrected chi connectivity index (χ2v) is 5.32. The van der Waals surface area contributed by atoms with Crippen LogP contribution in [0.25, 0.3) is 11.1 Å². The summed E-state index contributed by atoms with van der Waals surface area (Å²) < 4.78 is 39.4. The van der Waals surface area contributed by atoms with Crippen molar-refractivity contribution in [3.8, 4) is 11.1 Å². The number of alkyl halides is 3. The second kappa shape index (κ2) is 5.90. The summed E-state index contributed by atoms with van der Waals surface area (Å²) in [6.07, 6.45) is -4.39. The molecule has 0 fully saturated rings. The van der Waals surface area contributed by atoms with E-state index in [2.05, 4.69) is 0 Å². The fourth-order valence-electron chi connectivity index (χ4n) is 2.45. The highest BCUT2D eigenvalue weighted by atomic mass is 19.4. The molecule has 0 atom stereocenters. The molecule has 0 bridgehead atoms. The molecule has 4 heteroatoms. The van der Waals surface area contributed by atoms with Crippen LogP contribution in [0.4, 0.5) is 13.2 Å². The van der Waals surface area contributed by atoms with Crippen molar-refractivity contribution in [2.45, 2.75) is 32.5 Å². The summed E-state index contributed by atoms with van der Waals surface area (Å²) >= 11 is 0. The summed E-state index contributed by atoms with van der Waals surface area (Å²) in [5, 5.41) is 0. The molecule has 2 aromatic rings. The Bertz CT molecular complexity index is 630. The van der Waals surface area contributed by atoms with Crippen molar-refractivity contribution in [3.63, 3.8) is 0 Å². The molecule has 2 rings (SSSR count). The molecule has 0 unspecified atom stereocenters. The van der Waals surface area contributed by atoms with Gasteiger partial charge in [-0.1, -0.05) is 50.2 Å². The monoisotopic (exact) mass is 293 g/mol. The standard InChI is InChI=1S/C17H18F3N/c1-11(2)14-5-3-4-6-15(14)12-7-8-13(10-21)16(9-12)17(18,19)20/h3-9,11H,10,21H2,1-2H3. The minimum atomic E-state index is -4.39. The third kappa shape index (κ3) is 3.27. The van der Waals surface area contributed by atoms with E-state index in [9.17, 15) is 13.2 Å². The summed E-state index contributed by atoms with van der Waals surface area (Å²) in [5.41, 5.74) is 7.32. The Morgan fingerprint density at radius 3 is 2.29 bits per heavy atom.